The van der Waals surface area contributed by atoms with Crippen LogP contribution in [-0.4, -0.2) is 41.2 Å². The fourth-order valence-corrected chi connectivity index (χ4v) is 3.06. The number of alkyl halides is 3. The summed E-state index contributed by atoms with van der Waals surface area (Å²) in [6.07, 6.45) is 0.458. The van der Waals surface area contributed by atoms with Crippen molar-refractivity contribution >= 4 is 17.2 Å². The monoisotopic (exact) mass is 464 g/mol. The Morgan fingerprint density at radius 2 is 2.06 bits per heavy atom. The average molecular weight is 464 g/mol. The van der Waals surface area contributed by atoms with Crippen LogP contribution in [0.15, 0.2) is 49.0 Å². The maximum absolute atomic E-state index is 12.6. The molecule has 0 radical (unpaired) electrons. The van der Waals surface area contributed by atoms with Crippen LogP contribution in [0, 0.1) is 0 Å². The Labute approximate surface area is 189 Å². The van der Waals surface area contributed by atoms with Crippen LogP contribution < -0.4 is 20.7 Å². The molecular weight excluding hydrogens is 437 g/mol. The van der Waals surface area contributed by atoms with Crippen LogP contribution in [0.4, 0.5) is 24.7 Å². The molecule has 3 N–H and O–H groups in total. The number of fused-ring (bicyclic) bond motifs is 1. The lowest BCUT2D eigenvalue weighted by Crippen LogP contribution is -2.18. The maximum Gasteiger partial charge on any atom is 0.573 e. The highest BCUT2D eigenvalue weighted by atomic mass is 19.4. The number of benzene rings is 1. The second-order valence-electron chi connectivity index (χ2n) is 7.40. The Kier molecular flexibility index (Phi) is 7.86. The van der Waals surface area contributed by atoms with Crippen LogP contribution >= 0.6 is 0 Å². The van der Waals surface area contributed by atoms with Crippen molar-refractivity contribution in [3.8, 4) is 5.75 Å². The molecule has 0 amide bonds. The molecule has 0 saturated heterocycles. The Hall–Kier alpha value is -3.63. The fraction of sp³-hybridized carbons (Fsp3) is 0.364. The van der Waals surface area contributed by atoms with E-state index in [0.717, 1.165) is 18.8 Å². The zero-order chi connectivity index (χ0) is 23.8. The molecule has 0 saturated carbocycles. The lowest BCUT2D eigenvalue weighted by molar-refractivity contribution is -0.274. The molecule has 2 aromatic heterocycles. The first-order valence-electron chi connectivity index (χ1n) is 10.4. The van der Waals surface area contributed by atoms with E-state index in [1.54, 1.807) is 48.4 Å². The summed E-state index contributed by atoms with van der Waals surface area (Å²) in [5.74, 6) is 0.598. The number of anilines is 2. The summed E-state index contributed by atoms with van der Waals surface area (Å²) in [7, 11) is 1.75. The lowest BCUT2D eigenvalue weighted by atomic mass is 10.1. The van der Waals surface area contributed by atoms with E-state index in [2.05, 4.69) is 30.8 Å². The second kappa shape index (κ2) is 10.8. The van der Waals surface area contributed by atoms with Gasteiger partial charge in [-0.3, -0.25) is 0 Å². The number of ether oxygens (including phenoxy) is 2. The van der Waals surface area contributed by atoms with E-state index in [9.17, 15) is 13.2 Å². The highest BCUT2D eigenvalue weighted by molar-refractivity contribution is 5.71. The van der Waals surface area contributed by atoms with Crippen LogP contribution in [0.1, 0.15) is 31.0 Å². The minimum absolute atomic E-state index is 0.138. The number of hydrogen-bond donors (Lipinski definition) is 3. The average Bonchev–Trinajstić information content (AvgIpc) is 3.23. The fourth-order valence-electron chi connectivity index (χ4n) is 3.06. The standard InChI is InChI=1S/C18H20F3N5O.C4H7NO/c1-11(2)14-10-24-17-13(8-16(22-3)25-26(14)17)23-9-12-6-4-5-7-15(12)27-18(19,20)21;1-3-6-4-2-5-1/h4-8,10-11,23H,9H2,1-3H3,(H,22,25);1,3,5H,2,4H2. The van der Waals surface area contributed by atoms with Gasteiger partial charge in [-0.1, -0.05) is 32.0 Å². The van der Waals surface area contributed by atoms with E-state index in [1.165, 1.54) is 12.1 Å². The first-order valence-corrected chi connectivity index (χ1v) is 10.4. The predicted octanol–water partition coefficient (Wildman–Crippen LogP) is 4.48. The molecule has 8 nitrogen and oxygen atoms in total. The third kappa shape index (κ3) is 6.67. The van der Waals surface area contributed by atoms with E-state index in [4.69, 9.17) is 4.74 Å². The van der Waals surface area contributed by atoms with Crippen molar-refractivity contribution in [1.29, 1.82) is 0 Å². The second-order valence-corrected chi connectivity index (χ2v) is 7.40. The number of halogens is 3. The van der Waals surface area contributed by atoms with Gasteiger partial charge in [0.1, 0.15) is 18.2 Å². The molecule has 0 fully saturated rings. The number of hydrogen-bond acceptors (Lipinski definition) is 7. The molecule has 178 valence electrons. The van der Waals surface area contributed by atoms with Gasteiger partial charge in [-0.2, -0.15) is 0 Å². The molecule has 0 aliphatic carbocycles. The summed E-state index contributed by atoms with van der Waals surface area (Å²) in [5, 5.41) is 13.6. The number of imidazole rings is 1. The molecule has 3 heterocycles. The van der Waals surface area contributed by atoms with Gasteiger partial charge in [0.15, 0.2) is 5.65 Å². The number of nitrogens with one attached hydrogen (secondary N) is 3. The summed E-state index contributed by atoms with van der Waals surface area (Å²) < 4.78 is 48.5. The van der Waals surface area contributed by atoms with Crippen molar-refractivity contribution in [3.05, 3.63) is 60.2 Å². The zero-order valence-corrected chi connectivity index (χ0v) is 18.6. The van der Waals surface area contributed by atoms with Crippen LogP contribution in [0.3, 0.4) is 0 Å². The molecule has 0 atom stereocenters. The van der Waals surface area contributed by atoms with E-state index < -0.39 is 6.36 Å². The molecule has 1 aliphatic rings. The molecule has 1 aromatic carbocycles. The van der Waals surface area contributed by atoms with E-state index >= 15 is 0 Å². The van der Waals surface area contributed by atoms with E-state index in [1.807, 2.05) is 13.8 Å². The molecule has 1 aliphatic heterocycles. The smallest absolute Gasteiger partial charge is 0.498 e. The minimum Gasteiger partial charge on any atom is -0.498 e. The summed E-state index contributed by atoms with van der Waals surface area (Å²) in [6, 6.07) is 7.79. The van der Waals surface area contributed by atoms with Gasteiger partial charge < -0.3 is 25.4 Å². The van der Waals surface area contributed by atoms with Crippen LogP contribution in [0.5, 0.6) is 5.75 Å². The number of nitrogens with zero attached hydrogens (tertiary/aromatic N) is 3. The molecule has 3 aromatic rings. The Morgan fingerprint density at radius 1 is 1.27 bits per heavy atom. The normalized spacial score (nSPS) is 13.1. The van der Waals surface area contributed by atoms with Gasteiger partial charge in [0, 0.05) is 38.0 Å². The summed E-state index contributed by atoms with van der Waals surface area (Å²) in [5.41, 5.74) is 2.58. The van der Waals surface area contributed by atoms with E-state index in [-0.39, 0.29) is 18.2 Å². The first-order chi connectivity index (χ1) is 15.8. The van der Waals surface area contributed by atoms with Crippen molar-refractivity contribution in [2.45, 2.75) is 32.7 Å². The molecule has 0 bridgehead atoms. The van der Waals surface area contributed by atoms with Gasteiger partial charge >= 0.3 is 6.36 Å². The highest BCUT2D eigenvalue weighted by Crippen LogP contribution is 2.28. The Balaban J connectivity index is 0.000000442. The molecular formula is C22H27F3N6O2. The maximum atomic E-state index is 12.6. The number of para-hydroxylation sites is 1. The minimum atomic E-state index is -4.74. The van der Waals surface area contributed by atoms with Gasteiger partial charge in [0.25, 0.3) is 0 Å². The van der Waals surface area contributed by atoms with Gasteiger partial charge in [-0.25, -0.2) is 9.50 Å². The third-order valence-electron chi connectivity index (χ3n) is 4.66. The highest BCUT2D eigenvalue weighted by Gasteiger charge is 2.32. The molecule has 0 spiro atoms. The first kappa shape index (κ1) is 24.0. The van der Waals surface area contributed by atoms with E-state index in [0.29, 0.717) is 22.7 Å². The molecule has 0 unspecified atom stereocenters. The summed E-state index contributed by atoms with van der Waals surface area (Å²) in [4.78, 5) is 4.41. The summed E-state index contributed by atoms with van der Waals surface area (Å²) in [6.45, 7) is 5.95. The van der Waals surface area contributed by atoms with Crippen molar-refractivity contribution in [2.24, 2.45) is 0 Å². The van der Waals surface area contributed by atoms with Gasteiger partial charge in [-0.05, 0) is 12.0 Å². The van der Waals surface area contributed by atoms with Crippen LogP contribution in [0.2, 0.25) is 0 Å². The number of aromatic nitrogens is 3. The van der Waals surface area contributed by atoms with Gasteiger partial charge in [0.05, 0.1) is 23.8 Å². The van der Waals surface area contributed by atoms with Gasteiger partial charge in [0.2, 0.25) is 0 Å². The predicted molar refractivity (Wildman–Crippen MR) is 120 cm³/mol. The molecule has 4 rings (SSSR count). The zero-order valence-electron chi connectivity index (χ0n) is 18.6. The quantitative estimate of drug-likeness (QED) is 0.496. The largest absolute Gasteiger partial charge is 0.573 e. The topological polar surface area (TPSA) is 84.7 Å². The van der Waals surface area contributed by atoms with Gasteiger partial charge in [-0.15, -0.1) is 18.3 Å². The summed E-state index contributed by atoms with van der Waals surface area (Å²) >= 11 is 0. The van der Waals surface area contributed by atoms with Crippen molar-refractivity contribution < 1.29 is 22.6 Å². The van der Waals surface area contributed by atoms with Crippen molar-refractivity contribution in [2.75, 3.05) is 30.8 Å². The third-order valence-corrected chi connectivity index (χ3v) is 4.66. The number of rotatable bonds is 6. The van der Waals surface area contributed by atoms with Crippen LogP contribution in [0.25, 0.3) is 5.65 Å². The molecule has 11 heteroatoms. The van der Waals surface area contributed by atoms with Crippen molar-refractivity contribution in [1.82, 2.24) is 19.9 Å². The lowest BCUT2D eigenvalue weighted by Gasteiger charge is -2.15. The molecule has 33 heavy (non-hydrogen) atoms. The van der Waals surface area contributed by atoms with Crippen LogP contribution in [-0.2, 0) is 11.3 Å². The Bertz CT molecular complexity index is 1070. The Morgan fingerprint density at radius 3 is 2.64 bits per heavy atom. The van der Waals surface area contributed by atoms with Crippen molar-refractivity contribution in [3.63, 3.8) is 0 Å². The SMILES string of the molecule is C1=COCCN1.CNc1cc(NCc2ccccc2OC(F)(F)F)c2ncc(C(C)C)n2n1.